The largest absolute Gasteiger partial charge is 0.506 e. The van der Waals surface area contributed by atoms with Gasteiger partial charge in [0.25, 0.3) is 5.91 Å². The average molecular weight is 287 g/mol. The van der Waals surface area contributed by atoms with Crippen molar-refractivity contribution in [2.45, 2.75) is 6.04 Å². The molecule has 2 rings (SSSR count). The minimum atomic E-state index is -0.740. The molecule has 1 atom stereocenters. The predicted octanol–water partition coefficient (Wildman–Crippen LogP) is 3.04. The number of rotatable bonds is 3. The second-order valence-corrected chi connectivity index (χ2v) is 4.52. The van der Waals surface area contributed by atoms with Crippen LogP contribution < -0.4 is 5.32 Å². The molecule has 2 aromatic carbocycles. The molecule has 0 aliphatic heterocycles. The van der Waals surface area contributed by atoms with Crippen LogP contribution in [0, 0.1) is 11.3 Å². The van der Waals surface area contributed by atoms with Crippen molar-refractivity contribution in [2.24, 2.45) is 0 Å². The fourth-order valence-electron chi connectivity index (χ4n) is 1.70. The van der Waals surface area contributed by atoms with Crippen LogP contribution in [0.4, 0.5) is 0 Å². The number of nitrogens with zero attached hydrogens (tertiary/aromatic N) is 1. The van der Waals surface area contributed by atoms with Gasteiger partial charge in [-0.2, -0.15) is 5.26 Å². The van der Waals surface area contributed by atoms with Crippen LogP contribution in [-0.4, -0.2) is 11.0 Å². The minimum absolute atomic E-state index is 0.0888. The van der Waals surface area contributed by atoms with Crippen LogP contribution in [-0.2, 0) is 0 Å². The predicted molar refractivity (Wildman–Crippen MR) is 75.4 cm³/mol. The lowest BCUT2D eigenvalue weighted by Crippen LogP contribution is -2.27. The minimum Gasteiger partial charge on any atom is -0.506 e. The van der Waals surface area contributed by atoms with Crippen molar-refractivity contribution in [3.8, 4) is 11.8 Å². The summed E-state index contributed by atoms with van der Waals surface area (Å²) in [6.45, 7) is 0. The first-order valence-electron chi connectivity index (χ1n) is 5.86. The number of hydrogen-bond donors (Lipinski definition) is 2. The lowest BCUT2D eigenvalue weighted by molar-refractivity contribution is 0.0945. The maximum Gasteiger partial charge on any atom is 0.252 e. The van der Waals surface area contributed by atoms with E-state index in [2.05, 4.69) is 5.32 Å². The highest BCUT2D eigenvalue weighted by molar-refractivity contribution is 6.32. The molecule has 2 aromatic rings. The normalized spacial score (nSPS) is 11.4. The first kappa shape index (κ1) is 13.9. The molecule has 20 heavy (non-hydrogen) atoms. The molecule has 100 valence electrons. The van der Waals surface area contributed by atoms with Gasteiger partial charge in [0.1, 0.15) is 11.8 Å². The SMILES string of the molecule is N#CC(NC(=O)c1ccc(O)c(Cl)c1)c1ccccc1. The second-order valence-electron chi connectivity index (χ2n) is 4.11. The third-order valence-corrected chi connectivity index (χ3v) is 3.05. The standard InChI is InChI=1S/C15H11ClN2O2/c16-12-8-11(6-7-14(12)19)15(20)18-13(9-17)10-4-2-1-3-5-10/h1-8,13,19H,(H,18,20). The fraction of sp³-hybridized carbons (Fsp3) is 0.0667. The van der Waals surface area contributed by atoms with E-state index < -0.39 is 11.9 Å². The van der Waals surface area contributed by atoms with Gasteiger partial charge in [-0.15, -0.1) is 0 Å². The highest BCUT2D eigenvalue weighted by Crippen LogP contribution is 2.24. The number of carbonyl (C=O) groups excluding carboxylic acids is 1. The fourth-order valence-corrected chi connectivity index (χ4v) is 1.88. The highest BCUT2D eigenvalue weighted by atomic mass is 35.5. The van der Waals surface area contributed by atoms with Gasteiger partial charge in [0.2, 0.25) is 0 Å². The summed E-state index contributed by atoms with van der Waals surface area (Å²) in [5.74, 6) is -0.523. The van der Waals surface area contributed by atoms with E-state index in [1.165, 1.54) is 18.2 Å². The van der Waals surface area contributed by atoms with Gasteiger partial charge in [0.15, 0.2) is 0 Å². The third kappa shape index (κ3) is 3.08. The molecular weight excluding hydrogens is 276 g/mol. The molecule has 0 spiro atoms. The Balaban J connectivity index is 2.18. The molecule has 1 unspecified atom stereocenters. The van der Waals surface area contributed by atoms with Gasteiger partial charge in [0.05, 0.1) is 11.1 Å². The van der Waals surface area contributed by atoms with Gasteiger partial charge in [-0.25, -0.2) is 0 Å². The van der Waals surface area contributed by atoms with Crippen molar-refractivity contribution in [1.82, 2.24) is 5.32 Å². The second kappa shape index (κ2) is 6.09. The third-order valence-electron chi connectivity index (χ3n) is 2.75. The van der Waals surface area contributed by atoms with E-state index in [1.54, 1.807) is 24.3 Å². The number of halogens is 1. The maximum absolute atomic E-state index is 12.0. The molecule has 4 nitrogen and oxygen atoms in total. The zero-order valence-corrected chi connectivity index (χ0v) is 11.1. The molecule has 0 aliphatic carbocycles. The van der Waals surface area contributed by atoms with Crippen molar-refractivity contribution in [3.05, 3.63) is 64.7 Å². The smallest absolute Gasteiger partial charge is 0.252 e. The van der Waals surface area contributed by atoms with E-state index in [-0.39, 0.29) is 16.3 Å². The number of phenolic OH excluding ortho intramolecular Hbond substituents is 1. The molecule has 0 fully saturated rings. The van der Waals surface area contributed by atoms with Gasteiger partial charge in [-0.1, -0.05) is 41.9 Å². The lowest BCUT2D eigenvalue weighted by Gasteiger charge is -2.12. The van der Waals surface area contributed by atoms with E-state index in [0.717, 1.165) is 0 Å². The van der Waals surface area contributed by atoms with E-state index >= 15 is 0 Å². The molecule has 0 aliphatic rings. The molecule has 0 saturated heterocycles. The number of aromatic hydroxyl groups is 1. The summed E-state index contributed by atoms with van der Waals surface area (Å²) in [5.41, 5.74) is 0.984. The molecular formula is C15H11ClN2O2. The monoisotopic (exact) mass is 286 g/mol. The van der Waals surface area contributed by atoms with E-state index in [0.29, 0.717) is 5.56 Å². The lowest BCUT2D eigenvalue weighted by atomic mass is 10.1. The van der Waals surface area contributed by atoms with Crippen molar-refractivity contribution >= 4 is 17.5 Å². The Labute approximate surface area is 121 Å². The summed E-state index contributed by atoms with van der Waals surface area (Å²) in [5, 5.41) is 21.2. The van der Waals surface area contributed by atoms with Crippen molar-refractivity contribution in [2.75, 3.05) is 0 Å². The van der Waals surface area contributed by atoms with Crippen LogP contribution in [0.25, 0.3) is 0 Å². The molecule has 0 heterocycles. The number of benzene rings is 2. The Bertz CT molecular complexity index is 665. The Kier molecular flexibility index (Phi) is 4.24. The van der Waals surface area contributed by atoms with Crippen LogP contribution >= 0.6 is 11.6 Å². The van der Waals surface area contributed by atoms with E-state index in [1.807, 2.05) is 12.1 Å². The quantitative estimate of drug-likeness (QED) is 0.911. The van der Waals surface area contributed by atoms with E-state index in [4.69, 9.17) is 16.9 Å². The zero-order chi connectivity index (χ0) is 14.5. The van der Waals surface area contributed by atoms with Gasteiger partial charge in [-0.05, 0) is 23.8 Å². The Morgan fingerprint density at radius 2 is 1.95 bits per heavy atom. The van der Waals surface area contributed by atoms with Gasteiger partial charge in [-0.3, -0.25) is 4.79 Å². The summed E-state index contributed by atoms with van der Waals surface area (Å²) >= 11 is 5.75. The average Bonchev–Trinajstić information content (AvgIpc) is 2.48. The summed E-state index contributed by atoms with van der Waals surface area (Å²) < 4.78 is 0. The summed E-state index contributed by atoms with van der Waals surface area (Å²) in [4.78, 5) is 12.0. The molecule has 5 heteroatoms. The van der Waals surface area contributed by atoms with Gasteiger partial charge < -0.3 is 10.4 Å². The zero-order valence-electron chi connectivity index (χ0n) is 10.4. The molecule has 0 radical (unpaired) electrons. The number of nitriles is 1. The topological polar surface area (TPSA) is 73.1 Å². The number of phenols is 1. The van der Waals surface area contributed by atoms with Crippen LogP contribution in [0.2, 0.25) is 5.02 Å². The Hall–Kier alpha value is -2.51. The van der Waals surface area contributed by atoms with Crippen LogP contribution in [0.15, 0.2) is 48.5 Å². The maximum atomic E-state index is 12.0. The summed E-state index contributed by atoms with van der Waals surface area (Å²) in [6.07, 6.45) is 0. The van der Waals surface area contributed by atoms with E-state index in [9.17, 15) is 9.90 Å². The number of carbonyl (C=O) groups is 1. The van der Waals surface area contributed by atoms with Crippen molar-refractivity contribution in [1.29, 1.82) is 5.26 Å². The van der Waals surface area contributed by atoms with Crippen LogP contribution in [0.5, 0.6) is 5.75 Å². The number of nitrogens with one attached hydrogen (secondary N) is 1. The highest BCUT2D eigenvalue weighted by Gasteiger charge is 2.15. The summed E-state index contributed by atoms with van der Waals surface area (Å²) in [6, 6.07) is 14.4. The molecule has 0 saturated carbocycles. The molecule has 0 bridgehead atoms. The summed E-state index contributed by atoms with van der Waals surface area (Å²) in [7, 11) is 0. The van der Waals surface area contributed by atoms with Crippen molar-refractivity contribution in [3.63, 3.8) is 0 Å². The molecule has 1 amide bonds. The Morgan fingerprint density at radius 3 is 2.55 bits per heavy atom. The molecule has 2 N–H and O–H groups in total. The Morgan fingerprint density at radius 1 is 1.25 bits per heavy atom. The molecule has 0 aromatic heterocycles. The number of amides is 1. The van der Waals surface area contributed by atoms with Crippen LogP contribution in [0.3, 0.4) is 0 Å². The van der Waals surface area contributed by atoms with Gasteiger partial charge >= 0.3 is 0 Å². The number of hydrogen-bond acceptors (Lipinski definition) is 3. The van der Waals surface area contributed by atoms with Crippen LogP contribution in [0.1, 0.15) is 22.0 Å². The van der Waals surface area contributed by atoms with Crippen molar-refractivity contribution < 1.29 is 9.90 Å². The first-order chi connectivity index (χ1) is 9.61. The van der Waals surface area contributed by atoms with Gasteiger partial charge in [0, 0.05) is 5.56 Å². The first-order valence-corrected chi connectivity index (χ1v) is 6.23.